The van der Waals surface area contributed by atoms with E-state index in [1.165, 1.54) is 0 Å². The zero-order valence-corrected chi connectivity index (χ0v) is 10.7. The van der Waals surface area contributed by atoms with Crippen molar-refractivity contribution in [3.05, 3.63) is 54.6 Å². The highest BCUT2D eigenvalue weighted by Crippen LogP contribution is 2.48. The smallest absolute Gasteiger partial charge is 0.137 e. The van der Waals surface area contributed by atoms with E-state index in [4.69, 9.17) is 27.2 Å². The molecule has 16 heavy (non-hydrogen) atoms. The lowest BCUT2D eigenvalue weighted by Crippen LogP contribution is -2.00. The molecule has 2 aromatic rings. The van der Waals surface area contributed by atoms with Crippen LogP contribution in [0.3, 0.4) is 0 Å². The number of ether oxygens (including phenoxy) is 1. The summed E-state index contributed by atoms with van der Waals surface area (Å²) in [5.41, 5.74) is 0. The number of hydrogen-bond donors (Lipinski definition) is 0. The van der Waals surface area contributed by atoms with Gasteiger partial charge in [0.1, 0.15) is 18.1 Å². The summed E-state index contributed by atoms with van der Waals surface area (Å²) in [5.74, 6) is 1.49. The van der Waals surface area contributed by atoms with E-state index >= 15 is 0 Å². The minimum atomic E-state index is -1.19. The third-order valence-corrected chi connectivity index (χ3v) is 3.84. The molecule has 4 heteroatoms. The van der Waals surface area contributed by atoms with Gasteiger partial charge in [-0.15, -0.1) is 0 Å². The summed E-state index contributed by atoms with van der Waals surface area (Å²) in [6.45, 7) is -1.19. The Labute approximate surface area is 105 Å². The molecule has 0 radical (unpaired) electrons. The first-order valence-corrected chi connectivity index (χ1v) is 7.86. The van der Waals surface area contributed by atoms with Crippen molar-refractivity contribution >= 4 is 34.4 Å². The second-order valence-corrected chi connectivity index (χ2v) is 6.61. The van der Waals surface area contributed by atoms with Gasteiger partial charge in [0, 0.05) is 5.30 Å². The minimum Gasteiger partial charge on any atom is -0.457 e. The molecule has 2 rings (SSSR count). The Morgan fingerprint density at radius 2 is 1.44 bits per heavy atom. The van der Waals surface area contributed by atoms with Gasteiger partial charge in [-0.05, 0) is 24.3 Å². The van der Waals surface area contributed by atoms with E-state index in [9.17, 15) is 0 Å². The number of benzene rings is 2. The fraction of sp³-hybridized carbons (Fsp3) is 0. The van der Waals surface area contributed by atoms with Gasteiger partial charge < -0.3 is 4.74 Å². The molecule has 0 aliphatic rings. The van der Waals surface area contributed by atoms with Crippen LogP contribution in [0.15, 0.2) is 54.6 Å². The molecule has 0 saturated carbocycles. The maximum atomic E-state index is 5.92. The van der Waals surface area contributed by atoms with Crippen molar-refractivity contribution < 1.29 is 4.74 Å². The Hall–Kier alpha value is -0.750. The highest BCUT2D eigenvalue weighted by atomic mass is 35.9. The lowest BCUT2D eigenvalue weighted by atomic mass is 10.3. The largest absolute Gasteiger partial charge is 0.457 e. The molecule has 0 aliphatic heterocycles. The van der Waals surface area contributed by atoms with Gasteiger partial charge in [-0.25, -0.2) is 0 Å². The van der Waals surface area contributed by atoms with E-state index in [0.717, 1.165) is 11.1 Å². The molecule has 1 nitrogen and oxygen atoms in total. The number of hydrogen-bond acceptors (Lipinski definition) is 1. The van der Waals surface area contributed by atoms with Crippen molar-refractivity contribution in [2.45, 2.75) is 0 Å². The van der Waals surface area contributed by atoms with Crippen LogP contribution >= 0.6 is 29.1 Å². The molecule has 0 heterocycles. The maximum Gasteiger partial charge on any atom is 0.137 e. The van der Waals surface area contributed by atoms with E-state index in [1.807, 2.05) is 54.6 Å². The molecule has 0 aromatic heterocycles. The standard InChI is InChI=1S/C12H9Cl2OP/c13-16(14)12-9-5-4-8-11(12)15-10-6-2-1-3-7-10/h1-9H. The Morgan fingerprint density at radius 1 is 0.812 bits per heavy atom. The van der Waals surface area contributed by atoms with Gasteiger partial charge in [0.25, 0.3) is 0 Å². The summed E-state index contributed by atoms with van der Waals surface area (Å²) in [6, 6.07) is 17.1. The average molecular weight is 271 g/mol. The first-order valence-electron chi connectivity index (χ1n) is 4.71. The van der Waals surface area contributed by atoms with Crippen LogP contribution < -0.4 is 10.0 Å². The Morgan fingerprint density at radius 3 is 2.12 bits per heavy atom. The van der Waals surface area contributed by atoms with Crippen molar-refractivity contribution in [2.24, 2.45) is 0 Å². The van der Waals surface area contributed by atoms with Crippen LogP contribution in [0.2, 0.25) is 0 Å². The first kappa shape index (κ1) is 11.7. The molecule has 0 atom stereocenters. The molecule has 0 N–H and O–H groups in total. The van der Waals surface area contributed by atoms with Crippen molar-refractivity contribution in [1.29, 1.82) is 0 Å². The topological polar surface area (TPSA) is 9.23 Å². The Balaban J connectivity index is 2.28. The quantitative estimate of drug-likeness (QED) is 0.722. The van der Waals surface area contributed by atoms with Gasteiger partial charge in [-0.3, -0.25) is 0 Å². The van der Waals surface area contributed by atoms with E-state index in [1.54, 1.807) is 0 Å². The average Bonchev–Trinajstić information content (AvgIpc) is 2.31. The van der Waals surface area contributed by atoms with Gasteiger partial charge >= 0.3 is 0 Å². The van der Waals surface area contributed by atoms with Crippen LogP contribution in [0.25, 0.3) is 0 Å². The molecule has 2 aromatic carbocycles. The van der Waals surface area contributed by atoms with Crippen molar-refractivity contribution in [1.82, 2.24) is 0 Å². The number of para-hydroxylation sites is 2. The molecule has 0 bridgehead atoms. The van der Waals surface area contributed by atoms with Crippen LogP contribution in [0.5, 0.6) is 11.5 Å². The molecule has 0 unspecified atom stereocenters. The summed E-state index contributed by atoms with van der Waals surface area (Å²) in [6.07, 6.45) is 0. The second kappa shape index (κ2) is 5.54. The fourth-order valence-corrected chi connectivity index (χ4v) is 2.62. The van der Waals surface area contributed by atoms with Crippen molar-refractivity contribution in [2.75, 3.05) is 0 Å². The highest BCUT2D eigenvalue weighted by Gasteiger charge is 2.10. The van der Waals surface area contributed by atoms with Gasteiger partial charge in [0.2, 0.25) is 0 Å². The molecule has 0 aliphatic carbocycles. The molecule has 0 fully saturated rings. The number of halogens is 2. The highest BCUT2D eigenvalue weighted by molar-refractivity contribution is 8.09. The molecule has 0 saturated heterocycles. The summed E-state index contributed by atoms with van der Waals surface area (Å²) >= 11 is 11.8. The van der Waals surface area contributed by atoms with E-state index in [0.29, 0.717) is 5.75 Å². The van der Waals surface area contributed by atoms with Crippen LogP contribution in [-0.4, -0.2) is 0 Å². The summed E-state index contributed by atoms with van der Waals surface area (Å²) in [7, 11) is 0. The predicted molar refractivity (Wildman–Crippen MR) is 71.2 cm³/mol. The van der Waals surface area contributed by atoms with Gasteiger partial charge in [-0.1, -0.05) is 52.8 Å². The summed E-state index contributed by atoms with van der Waals surface area (Å²) in [5, 5.41) is 0.838. The summed E-state index contributed by atoms with van der Waals surface area (Å²) < 4.78 is 5.72. The Kier molecular flexibility index (Phi) is 4.06. The third kappa shape index (κ3) is 2.89. The molecule has 0 amide bonds. The third-order valence-electron chi connectivity index (χ3n) is 2.02. The van der Waals surface area contributed by atoms with Crippen molar-refractivity contribution in [3.8, 4) is 11.5 Å². The maximum absolute atomic E-state index is 5.92. The molecule has 82 valence electrons. The second-order valence-electron chi connectivity index (χ2n) is 3.12. The van der Waals surface area contributed by atoms with Crippen LogP contribution in [0.4, 0.5) is 0 Å². The van der Waals surface area contributed by atoms with E-state index in [-0.39, 0.29) is 0 Å². The number of rotatable bonds is 3. The zero-order valence-electron chi connectivity index (χ0n) is 8.31. The van der Waals surface area contributed by atoms with Crippen LogP contribution in [0.1, 0.15) is 0 Å². The monoisotopic (exact) mass is 270 g/mol. The molecular weight excluding hydrogens is 262 g/mol. The van der Waals surface area contributed by atoms with E-state index < -0.39 is 6.63 Å². The molecule has 0 spiro atoms. The summed E-state index contributed by atoms with van der Waals surface area (Å²) in [4.78, 5) is 0. The zero-order chi connectivity index (χ0) is 11.4. The SMILES string of the molecule is ClP(Cl)c1ccccc1Oc1ccccc1. The lowest BCUT2D eigenvalue weighted by molar-refractivity contribution is 0.487. The van der Waals surface area contributed by atoms with Gasteiger partial charge in [0.15, 0.2) is 0 Å². The lowest BCUT2D eigenvalue weighted by Gasteiger charge is -2.10. The molecular formula is C12H9Cl2OP. The van der Waals surface area contributed by atoms with Crippen molar-refractivity contribution in [3.63, 3.8) is 0 Å². The van der Waals surface area contributed by atoms with Gasteiger partial charge in [0.05, 0.1) is 0 Å². The predicted octanol–water partition coefficient (Wildman–Crippen LogP) is 4.89. The van der Waals surface area contributed by atoms with Crippen LogP contribution in [-0.2, 0) is 0 Å². The first-order chi connectivity index (χ1) is 7.77. The normalized spacial score (nSPS) is 10.4. The van der Waals surface area contributed by atoms with Gasteiger partial charge in [-0.2, -0.15) is 0 Å². The Bertz CT molecular complexity index is 460. The minimum absolute atomic E-state index is 0.713. The van der Waals surface area contributed by atoms with E-state index in [2.05, 4.69) is 0 Å². The van der Waals surface area contributed by atoms with Crippen LogP contribution in [0, 0.1) is 0 Å². The fourth-order valence-electron chi connectivity index (χ4n) is 1.30.